The summed E-state index contributed by atoms with van der Waals surface area (Å²) in [6.07, 6.45) is 4.57. The molecule has 1 aliphatic carbocycles. The van der Waals surface area contributed by atoms with E-state index in [1.807, 2.05) is 13.0 Å². The molecule has 1 heterocycles. The Morgan fingerprint density at radius 3 is 2.82 bits per heavy atom. The molecule has 1 saturated heterocycles. The number of fused-ring (bicyclic) bond motifs is 2. The number of aliphatic hydroxyl groups excluding tert-OH is 1. The third kappa shape index (κ3) is 1.85. The summed E-state index contributed by atoms with van der Waals surface area (Å²) in [6.45, 7) is 3.23. The smallest absolute Gasteiger partial charge is 0.0807 e. The van der Waals surface area contributed by atoms with Crippen LogP contribution in [0.3, 0.4) is 0 Å². The van der Waals surface area contributed by atoms with Gasteiger partial charge in [-0.1, -0.05) is 25.1 Å². The molecule has 3 unspecified atom stereocenters. The zero-order valence-corrected chi connectivity index (χ0v) is 10.5. The van der Waals surface area contributed by atoms with Gasteiger partial charge in [0.1, 0.15) is 0 Å². The number of para-hydroxylation sites is 1. The molecule has 1 N–H and O–H groups in total. The van der Waals surface area contributed by atoms with Gasteiger partial charge in [0, 0.05) is 23.8 Å². The molecule has 2 bridgehead atoms. The molecule has 3 atom stereocenters. The van der Waals surface area contributed by atoms with Crippen molar-refractivity contribution >= 4 is 5.69 Å². The van der Waals surface area contributed by atoms with Crippen LogP contribution in [0.4, 0.5) is 5.69 Å². The minimum Gasteiger partial charge on any atom is -0.388 e. The molecule has 92 valence electrons. The first kappa shape index (κ1) is 11.1. The average molecular weight is 231 g/mol. The van der Waals surface area contributed by atoms with Crippen LogP contribution in [0, 0.1) is 5.92 Å². The van der Waals surface area contributed by atoms with E-state index in [-0.39, 0.29) is 6.10 Å². The first-order valence-corrected chi connectivity index (χ1v) is 6.83. The fourth-order valence-electron chi connectivity index (χ4n) is 3.47. The van der Waals surface area contributed by atoms with Crippen molar-refractivity contribution in [1.82, 2.24) is 0 Å². The molecule has 2 heteroatoms. The number of benzene rings is 1. The topological polar surface area (TPSA) is 23.5 Å². The van der Waals surface area contributed by atoms with Gasteiger partial charge >= 0.3 is 0 Å². The van der Waals surface area contributed by atoms with Gasteiger partial charge in [0.25, 0.3) is 0 Å². The minimum absolute atomic E-state index is 0.315. The quantitative estimate of drug-likeness (QED) is 0.864. The molecule has 3 rings (SSSR count). The van der Waals surface area contributed by atoms with E-state index in [0.717, 1.165) is 23.9 Å². The van der Waals surface area contributed by atoms with Gasteiger partial charge < -0.3 is 10.0 Å². The molecule has 1 aliphatic heterocycles. The number of piperidine rings is 1. The van der Waals surface area contributed by atoms with E-state index in [4.69, 9.17) is 0 Å². The van der Waals surface area contributed by atoms with Crippen molar-refractivity contribution in [3.05, 3.63) is 29.8 Å². The van der Waals surface area contributed by atoms with E-state index in [9.17, 15) is 5.11 Å². The fraction of sp³-hybridized carbons (Fsp3) is 0.600. The van der Waals surface area contributed by atoms with Gasteiger partial charge in [-0.25, -0.2) is 0 Å². The highest BCUT2D eigenvalue weighted by Crippen LogP contribution is 2.42. The van der Waals surface area contributed by atoms with Gasteiger partial charge in [-0.05, 0) is 37.7 Å². The Labute approximate surface area is 103 Å². The Balaban J connectivity index is 1.92. The van der Waals surface area contributed by atoms with Crippen molar-refractivity contribution in [1.29, 1.82) is 0 Å². The van der Waals surface area contributed by atoms with E-state index in [1.54, 1.807) is 0 Å². The molecule has 0 amide bonds. The van der Waals surface area contributed by atoms with Crippen LogP contribution in [0.1, 0.15) is 44.3 Å². The van der Waals surface area contributed by atoms with E-state index in [2.05, 4.69) is 23.1 Å². The normalized spacial score (nSPS) is 28.7. The summed E-state index contributed by atoms with van der Waals surface area (Å²) in [7, 11) is 0. The summed E-state index contributed by atoms with van der Waals surface area (Å²) in [4.78, 5) is 2.53. The second-order valence-electron chi connectivity index (χ2n) is 5.47. The third-order valence-electron chi connectivity index (χ3n) is 4.40. The van der Waals surface area contributed by atoms with Gasteiger partial charge in [0.15, 0.2) is 0 Å². The lowest BCUT2D eigenvalue weighted by molar-refractivity contribution is 0.174. The van der Waals surface area contributed by atoms with Gasteiger partial charge in [-0.15, -0.1) is 0 Å². The first-order valence-electron chi connectivity index (χ1n) is 6.83. The van der Waals surface area contributed by atoms with E-state index < -0.39 is 0 Å². The summed E-state index contributed by atoms with van der Waals surface area (Å²) in [5.41, 5.74) is 2.39. The maximum atomic E-state index is 10.1. The van der Waals surface area contributed by atoms with Crippen LogP contribution in [-0.4, -0.2) is 17.7 Å². The monoisotopic (exact) mass is 231 g/mol. The van der Waals surface area contributed by atoms with E-state index in [1.165, 1.54) is 31.5 Å². The van der Waals surface area contributed by atoms with Crippen LogP contribution in [0.15, 0.2) is 24.3 Å². The van der Waals surface area contributed by atoms with Crippen LogP contribution >= 0.6 is 0 Å². The minimum atomic E-state index is -0.315. The van der Waals surface area contributed by atoms with Gasteiger partial charge in [0.2, 0.25) is 0 Å². The highest BCUT2D eigenvalue weighted by atomic mass is 16.3. The Morgan fingerprint density at radius 1 is 1.35 bits per heavy atom. The zero-order chi connectivity index (χ0) is 11.8. The highest BCUT2D eigenvalue weighted by molar-refractivity contribution is 5.56. The number of rotatable bonds is 3. The van der Waals surface area contributed by atoms with Crippen molar-refractivity contribution in [3.8, 4) is 0 Å². The largest absolute Gasteiger partial charge is 0.388 e. The van der Waals surface area contributed by atoms with E-state index >= 15 is 0 Å². The summed E-state index contributed by atoms with van der Waals surface area (Å²) in [5, 5.41) is 10.1. The summed E-state index contributed by atoms with van der Waals surface area (Å²) in [6, 6.07) is 9.11. The number of hydrogen-bond acceptors (Lipinski definition) is 2. The fourth-order valence-corrected chi connectivity index (χ4v) is 3.47. The van der Waals surface area contributed by atoms with Crippen LogP contribution in [0.25, 0.3) is 0 Å². The molecule has 1 aromatic carbocycles. The first-order chi connectivity index (χ1) is 8.29. The number of nitrogens with zero attached hydrogens (tertiary/aromatic N) is 1. The lowest BCUT2D eigenvalue weighted by Crippen LogP contribution is -2.32. The third-order valence-corrected chi connectivity index (χ3v) is 4.40. The summed E-state index contributed by atoms with van der Waals surface area (Å²) < 4.78 is 0. The average Bonchev–Trinajstić information content (AvgIpc) is 3.00. The molecule has 0 aromatic heterocycles. The van der Waals surface area contributed by atoms with Crippen molar-refractivity contribution < 1.29 is 5.11 Å². The Hall–Kier alpha value is -1.02. The Morgan fingerprint density at radius 2 is 2.18 bits per heavy atom. The van der Waals surface area contributed by atoms with Crippen LogP contribution in [0.2, 0.25) is 0 Å². The van der Waals surface area contributed by atoms with Crippen molar-refractivity contribution in [2.75, 3.05) is 11.4 Å². The standard InChI is InChI=1S/C15H21NO/c1-2-15(17)13-5-3-4-6-14(13)16-10-11-7-8-12(16)9-11/h3-6,11-12,15,17H,2,7-10H2,1H3. The summed E-state index contributed by atoms with van der Waals surface area (Å²) in [5.74, 6) is 0.895. The molecule has 2 aliphatic rings. The van der Waals surface area contributed by atoms with Crippen LogP contribution in [-0.2, 0) is 0 Å². The second-order valence-corrected chi connectivity index (χ2v) is 5.47. The SMILES string of the molecule is CCC(O)c1ccccc1N1CC2CCC1C2. The lowest BCUT2D eigenvalue weighted by Gasteiger charge is -2.32. The lowest BCUT2D eigenvalue weighted by atomic mass is 10.0. The van der Waals surface area contributed by atoms with Crippen molar-refractivity contribution in [3.63, 3.8) is 0 Å². The van der Waals surface area contributed by atoms with Crippen molar-refractivity contribution in [2.24, 2.45) is 5.92 Å². The summed E-state index contributed by atoms with van der Waals surface area (Å²) >= 11 is 0. The molecular formula is C15H21NO. The van der Waals surface area contributed by atoms with Crippen LogP contribution in [0.5, 0.6) is 0 Å². The Bertz CT molecular complexity index is 404. The highest BCUT2D eigenvalue weighted by Gasteiger charge is 2.38. The van der Waals surface area contributed by atoms with E-state index in [0.29, 0.717) is 0 Å². The number of anilines is 1. The van der Waals surface area contributed by atoms with Gasteiger partial charge in [0.05, 0.1) is 6.10 Å². The molecule has 0 radical (unpaired) electrons. The molecule has 1 saturated carbocycles. The zero-order valence-electron chi connectivity index (χ0n) is 10.5. The maximum Gasteiger partial charge on any atom is 0.0807 e. The number of hydrogen-bond donors (Lipinski definition) is 1. The van der Waals surface area contributed by atoms with Crippen LogP contribution < -0.4 is 4.90 Å². The van der Waals surface area contributed by atoms with Gasteiger partial charge in [-0.2, -0.15) is 0 Å². The second kappa shape index (κ2) is 4.34. The predicted octanol–water partition coefficient (Wildman–Crippen LogP) is 3.12. The molecule has 2 nitrogen and oxygen atoms in total. The molecule has 0 spiro atoms. The molecule has 17 heavy (non-hydrogen) atoms. The molecule has 2 fully saturated rings. The maximum absolute atomic E-state index is 10.1. The van der Waals surface area contributed by atoms with Crippen molar-refractivity contribution in [2.45, 2.75) is 44.8 Å². The van der Waals surface area contributed by atoms with Gasteiger partial charge in [-0.3, -0.25) is 0 Å². The molecular weight excluding hydrogens is 210 g/mol. The predicted molar refractivity (Wildman–Crippen MR) is 70.2 cm³/mol. The number of aliphatic hydroxyl groups is 1. The molecule has 1 aromatic rings. The Kier molecular flexibility index (Phi) is 2.83.